The standard InChI is InChI=1S/C12H12N2O/c13-9-4-10-14-12(15)8-7-11-5-2-1-3-6-11/h1-3,5-8H,4,10H2,(H,14,15)/b8-7+. The van der Waals surface area contributed by atoms with Crippen LogP contribution in [0.3, 0.4) is 0 Å². The highest BCUT2D eigenvalue weighted by molar-refractivity contribution is 5.91. The molecule has 0 aliphatic rings. The predicted molar refractivity (Wildman–Crippen MR) is 58.7 cm³/mol. The van der Waals surface area contributed by atoms with Crippen molar-refractivity contribution in [3.63, 3.8) is 0 Å². The Morgan fingerprint density at radius 2 is 2.13 bits per heavy atom. The summed E-state index contributed by atoms with van der Waals surface area (Å²) in [7, 11) is 0. The Bertz CT molecular complexity index is 376. The molecule has 0 atom stereocenters. The van der Waals surface area contributed by atoms with Gasteiger partial charge in [0.2, 0.25) is 5.91 Å². The quantitative estimate of drug-likeness (QED) is 0.594. The Morgan fingerprint density at radius 1 is 1.40 bits per heavy atom. The van der Waals surface area contributed by atoms with Crippen molar-refractivity contribution >= 4 is 12.0 Å². The first kappa shape index (κ1) is 11.0. The summed E-state index contributed by atoms with van der Waals surface area (Å²) >= 11 is 0. The molecule has 1 amide bonds. The van der Waals surface area contributed by atoms with Crippen molar-refractivity contribution in [2.75, 3.05) is 6.54 Å². The maximum absolute atomic E-state index is 11.2. The number of rotatable bonds is 4. The minimum atomic E-state index is -0.172. The SMILES string of the molecule is N#CCCNC(=O)/C=C/c1ccccc1. The fraction of sp³-hybridized carbons (Fsp3) is 0.167. The number of nitrogens with one attached hydrogen (secondary N) is 1. The number of hydrogen-bond acceptors (Lipinski definition) is 2. The van der Waals surface area contributed by atoms with Crippen molar-refractivity contribution in [1.82, 2.24) is 5.32 Å². The molecule has 1 aromatic carbocycles. The van der Waals surface area contributed by atoms with E-state index in [0.717, 1.165) is 5.56 Å². The van der Waals surface area contributed by atoms with Gasteiger partial charge in [0.25, 0.3) is 0 Å². The minimum absolute atomic E-state index is 0.172. The van der Waals surface area contributed by atoms with E-state index < -0.39 is 0 Å². The van der Waals surface area contributed by atoms with Crippen molar-refractivity contribution < 1.29 is 4.79 Å². The van der Waals surface area contributed by atoms with Crippen LogP contribution in [0.25, 0.3) is 6.08 Å². The Balaban J connectivity index is 2.38. The van der Waals surface area contributed by atoms with E-state index in [0.29, 0.717) is 13.0 Å². The number of carbonyl (C=O) groups excluding carboxylic acids is 1. The first-order chi connectivity index (χ1) is 7.33. The maximum atomic E-state index is 11.2. The van der Waals surface area contributed by atoms with Gasteiger partial charge >= 0.3 is 0 Å². The molecule has 0 aliphatic carbocycles. The topological polar surface area (TPSA) is 52.9 Å². The minimum Gasteiger partial charge on any atom is -0.352 e. The summed E-state index contributed by atoms with van der Waals surface area (Å²) in [6.07, 6.45) is 3.54. The zero-order chi connectivity index (χ0) is 10.9. The third-order valence-corrected chi connectivity index (χ3v) is 1.76. The fourth-order valence-corrected chi connectivity index (χ4v) is 1.04. The second-order valence-electron chi connectivity index (χ2n) is 2.94. The molecule has 0 saturated carbocycles. The lowest BCUT2D eigenvalue weighted by molar-refractivity contribution is -0.116. The third kappa shape index (κ3) is 4.63. The van der Waals surface area contributed by atoms with Gasteiger partial charge in [-0.25, -0.2) is 0 Å². The average Bonchev–Trinajstić information content (AvgIpc) is 2.28. The van der Waals surface area contributed by atoms with Gasteiger partial charge < -0.3 is 5.32 Å². The molecule has 0 fully saturated rings. The van der Waals surface area contributed by atoms with Gasteiger partial charge in [0.15, 0.2) is 0 Å². The monoisotopic (exact) mass is 200 g/mol. The van der Waals surface area contributed by atoms with Gasteiger partial charge in [-0.1, -0.05) is 30.3 Å². The summed E-state index contributed by atoms with van der Waals surface area (Å²) in [6.45, 7) is 0.397. The van der Waals surface area contributed by atoms with Gasteiger partial charge in [0.05, 0.1) is 12.5 Å². The van der Waals surface area contributed by atoms with Crippen molar-refractivity contribution in [3.05, 3.63) is 42.0 Å². The van der Waals surface area contributed by atoms with Crippen LogP contribution in [-0.2, 0) is 4.79 Å². The highest BCUT2D eigenvalue weighted by Crippen LogP contribution is 2.00. The molecular formula is C12H12N2O. The molecule has 0 saturated heterocycles. The molecule has 0 heterocycles. The maximum Gasteiger partial charge on any atom is 0.244 e. The summed E-state index contributed by atoms with van der Waals surface area (Å²) in [6, 6.07) is 11.5. The molecule has 3 heteroatoms. The van der Waals surface area contributed by atoms with Crippen LogP contribution in [0.2, 0.25) is 0 Å². The fourth-order valence-electron chi connectivity index (χ4n) is 1.04. The van der Waals surface area contributed by atoms with Crippen LogP contribution in [0.1, 0.15) is 12.0 Å². The Labute approximate surface area is 89.0 Å². The van der Waals surface area contributed by atoms with E-state index in [1.54, 1.807) is 6.08 Å². The molecule has 0 bridgehead atoms. The molecule has 1 N–H and O–H groups in total. The van der Waals surface area contributed by atoms with E-state index >= 15 is 0 Å². The van der Waals surface area contributed by atoms with Gasteiger partial charge in [-0.05, 0) is 11.6 Å². The highest BCUT2D eigenvalue weighted by atomic mass is 16.1. The summed E-state index contributed by atoms with van der Waals surface area (Å²) in [5.41, 5.74) is 0.980. The summed E-state index contributed by atoms with van der Waals surface area (Å²) in [5, 5.41) is 10.9. The summed E-state index contributed by atoms with van der Waals surface area (Å²) in [4.78, 5) is 11.2. The molecule has 0 aliphatic heterocycles. The Kier molecular flexibility index (Phi) is 4.68. The van der Waals surface area contributed by atoms with E-state index in [2.05, 4.69) is 5.32 Å². The van der Waals surface area contributed by atoms with Crippen LogP contribution < -0.4 is 5.32 Å². The largest absolute Gasteiger partial charge is 0.352 e. The molecule has 1 rings (SSSR count). The molecule has 0 aromatic heterocycles. The van der Waals surface area contributed by atoms with Crippen LogP contribution in [-0.4, -0.2) is 12.5 Å². The molecule has 0 unspecified atom stereocenters. The number of carbonyl (C=O) groups is 1. The second kappa shape index (κ2) is 6.39. The lowest BCUT2D eigenvalue weighted by Gasteiger charge is -1.96. The number of amides is 1. The third-order valence-electron chi connectivity index (χ3n) is 1.76. The van der Waals surface area contributed by atoms with Gasteiger partial charge in [0, 0.05) is 12.6 Å². The Hall–Kier alpha value is -2.08. The van der Waals surface area contributed by atoms with E-state index in [4.69, 9.17) is 5.26 Å². The number of nitriles is 1. The van der Waals surface area contributed by atoms with Gasteiger partial charge in [-0.15, -0.1) is 0 Å². The molecule has 15 heavy (non-hydrogen) atoms. The molecule has 0 spiro atoms. The lowest BCUT2D eigenvalue weighted by atomic mass is 10.2. The van der Waals surface area contributed by atoms with Gasteiger partial charge in [0.1, 0.15) is 0 Å². The van der Waals surface area contributed by atoms with E-state index in [1.165, 1.54) is 6.08 Å². The van der Waals surface area contributed by atoms with Crippen LogP contribution >= 0.6 is 0 Å². The van der Waals surface area contributed by atoms with E-state index in [9.17, 15) is 4.79 Å². The number of nitrogens with zero attached hydrogens (tertiary/aromatic N) is 1. The zero-order valence-corrected chi connectivity index (χ0v) is 8.31. The van der Waals surface area contributed by atoms with Crippen LogP contribution in [0, 0.1) is 11.3 Å². The first-order valence-electron chi connectivity index (χ1n) is 4.71. The predicted octanol–water partition coefficient (Wildman–Crippen LogP) is 1.73. The number of benzene rings is 1. The first-order valence-corrected chi connectivity index (χ1v) is 4.71. The number of hydrogen-bond donors (Lipinski definition) is 1. The van der Waals surface area contributed by atoms with Crippen molar-refractivity contribution in [2.45, 2.75) is 6.42 Å². The lowest BCUT2D eigenvalue weighted by Crippen LogP contribution is -2.21. The van der Waals surface area contributed by atoms with Crippen LogP contribution in [0.15, 0.2) is 36.4 Å². The van der Waals surface area contributed by atoms with Gasteiger partial charge in [-0.3, -0.25) is 4.79 Å². The summed E-state index contributed by atoms with van der Waals surface area (Å²) < 4.78 is 0. The van der Waals surface area contributed by atoms with Crippen LogP contribution in [0.5, 0.6) is 0 Å². The highest BCUT2D eigenvalue weighted by Gasteiger charge is 1.92. The van der Waals surface area contributed by atoms with Gasteiger partial charge in [-0.2, -0.15) is 5.26 Å². The Morgan fingerprint density at radius 3 is 2.80 bits per heavy atom. The van der Waals surface area contributed by atoms with Crippen molar-refractivity contribution in [2.24, 2.45) is 0 Å². The molecule has 1 aromatic rings. The average molecular weight is 200 g/mol. The molecule has 76 valence electrons. The van der Waals surface area contributed by atoms with Crippen LogP contribution in [0.4, 0.5) is 0 Å². The van der Waals surface area contributed by atoms with E-state index in [1.807, 2.05) is 36.4 Å². The summed E-state index contributed by atoms with van der Waals surface area (Å²) in [5.74, 6) is -0.172. The van der Waals surface area contributed by atoms with Crippen molar-refractivity contribution in [3.8, 4) is 6.07 Å². The smallest absolute Gasteiger partial charge is 0.244 e. The van der Waals surface area contributed by atoms with Crippen molar-refractivity contribution in [1.29, 1.82) is 5.26 Å². The zero-order valence-electron chi connectivity index (χ0n) is 8.31. The normalized spacial score (nSPS) is 9.80. The molecular weight excluding hydrogens is 188 g/mol. The molecule has 3 nitrogen and oxygen atoms in total. The second-order valence-corrected chi connectivity index (χ2v) is 2.94. The molecule has 0 radical (unpaired) electrons. The van der Waals surface area contributed by atoms with E-state index in [-0.39, 0.29) is 5.91 Å².